The van der Waals surface area contributed by atoms with Gasteiger partial charge in [-0.15, -0.1) is 0 Å². The van der Waals surface area contributed by atoms with Gasteiger partial charge in [-0.3, -0.25) is 0 Å². The van der Waals surface area contributed by atoms with Crippen molar-refractivity contribution in [3.05, 3.63) is 123 Å². The highest BCUT2D eigenvalue weighted by Crippen LogP contribution is 2.52. The summed E-state index contributed by atoms with van der Waals surface area (Å²) in [5, 5.41) is 4.27. The molecule has 0 radical (unpaired) electrons. The molecule has 0 fully saturated rings. The molecule has 4 heterocycles. The number of hydrogen-bond acceptors (Lipinski definition) is 2. The predicted molar refractivity (Wildman–Crippen MR) is 154 cm³/mol. The van der Waals surface area contributed by atoms with Crippen LogP contribution in [-0.2, 0) is 0 Å². The molecule has 2 aromatic rings. The molecule has 0 saturated carbocycles. The number of hydrogen-bond donors (Lipinski definition) is 0. The Labute approximate surface area is 222 Å². The lowest BCUT2D eigenvalue weighted by Gasteiger charge is -2.38. The minimum atomic E-state index is 0.327. The van der Waals surface area contributed by atoms with Crippen molar-refractivity contribution in [1.82, 2.24) is 9.47 Å². The Morgan fingerprint density at radius 2 is 1.74 bits per heavy atom. The molecule has 4 atom stereocenters. The van der Waals surface area contributed by atoms with E-state index in [0.29, 0.717) is 24.0 Å². The molecular formula is C35H29N3. The first-order valence-electron chi connectivity index (χ1n) is 14.4. The third-order valence-corrected chi connectivity index (χ3v) is 10.1. The molecule has 10 rings (SSSR count). The van der Waals surface area contributed by atoms with Gasteiger partial charge in [-0.2, -0.15) is 0 Å². The Balaban J connectivity index is 1.30. The zero-order valence-electron chi connectivity index (χ0n) is 21.3. The highest BCUT2D eigenvalue weighted by Gasteiger charge is 2.45. The van der Waals surface area contributed by atoms with Crippen LogP contribution in [-0.4, -0.2) is 21.6 Å². The Bertz CT molecular complexity index is 1880. The van der Waals surface area contributed by atoms with E-state index in [9.17, 15) is 0 Å². The van der Waals surface area contributed by atoms with Crippen LogP contribution < -0.4 is 15.5 Å². The molecule has 6 bridgehead atoms. The van der Waals surface area contributed by atoms with Crippen molar-refractivity contribution in [2.24, 2.45) is 5.92 Å². The fourth-order valence-electron chi connectivity index (χ4n) is 8.63. The van der Waals surface area contributed by atoms with Crippen LogP contribution in [0.25, 0.3) is 23.1 Å². The van der Waals surface area contributed by atoms with Crippen molar-refractivity contribution in [1.29, 1.82) is 0 Å². The molecule has 0 saturated heterocycles. The Kier molecular flexibility index (Phi) is 3.64. The molecule has 3 nitrogen and oxygen atoms in total. The molecule has 0 N–H and O–H groups in total. The number of nitrogens with zero attached hydrogens (tertiary/aromatic N) is 3. The van der Waals surface area contributed by atoms with Crippen molar-refractivity contribution in [3.63, 3.8) is 0 Å². The molecular weight excluding hydrogens is 462 g/mol. The van der Waals surface area contributed by atoms with Gasteiger partial charge in [0.05, 0.1) is 23.6 Å². The molecule has 3 heteroatoms. The topological polar surface area (TPSA) is 11.4 Å². The highest BCUT2D eigenvalue weighted by molar-refractivity contribution is 5.87. The van der Waals surface area contributed by atoms with Gasteiger partial charge in [0.25, 0.3) is 0 Å². The van der Waals surface area contributed by atoms with E-state index in [2.05, 4.69) is 105 Å². The summed E-state index contributed by atoms with van der Waals surface area (Å²) in [6, 6.07) is 8.39. The van der Waals surface area contributed by atoms with Crippen LogP contribution in [0.2, 0.25) is 0 Å². The lowest BCUT2D eigenvalue weighted by molar-refractivity contribution is 0.339. The number of fused-ring (bicyclic) bond motifs is 15. The average molecular weight is 492 g/mol. The van der Waals surface area contributed by atoms with Crippen molar-refractivity contribution in [2.45, 2.75) is 50.2 Å². The third kappa shape index (κ3) is 2.33. The molecule has 5 aliphatic carbocycles. The van der Waals surface area contributed by atoms with Gasteiger partial charge in [0.15, 0.2) is 0 Å². The van der Waals surface area contributed by atoms with E-state index in [1.807, 2.05) is 0 Å². The minimum absolute atomic E-state index is 0.327. The van der Waals surface area contributed by atoms with Gasteiger partial charge < -0.3 is 14.4 Å². The quantitative estimate of drug-likeness (QED) is 0.461. The average Bonchev–Trinajstić information content (AvgIpc) is 3.70. The van der Waals surface area contributed by atoms with Crippen molar-refractivity contribution in [2.75, 3.05) is 4.90 Å². The summed E-state index contributed by atoms with van der Waals surface area (Å²) >= 11 is 0. The van der Waals surface area contributed by atoms with Gasteiger partial charge in [0.1, 0.15) is 0 Å². The molecule has 0 amide bonds. The number of rotatable bonds is 0. The van der Waals surface area contributed by atoms with Crippen LogP contribution in [0, 0.1) is 5.92 Å². The van der Waals surface area contributed by atoms with Gasteiger partial charge in [-0.1, -0.05) is 72.9 Å². The van der Waals surface area contributed by atoms with E-state index in [1.165, 1.54) is 61.0 Å². The van der Waals surface area contributed by atoms with Crippen molar-refractivity contribution >= 4 is 28.7 Å². The maximum Gasteiger partial charge on any atom is 0.0629 e. The van der Waals surface area contributed by atoms with Gasteiger partial charge in [0, 0.05) is 57.5 Å². The maximum absolute atomic E-state index is 2.72. The third-order valence-electron chi connectivity index (χ3n) is 10.1. The van der Waals surface area contributed by atoms with Crippen molar-refractivity contribution < 1.29 is 0 Å². The van der Waals surface area contributed by atoms with Crippen LogP contribution in [0.5, 0.6) is 0 Å². The van der Waals surface area contributed by atoms with E-state index in [1.54, 1.807) is 0 Å². The molecule has 8 aliphatic rings. The summed E-state index contributed by atoms with van der Waals surface area (Å²) in [7, 11) is 0. The maximum atomic E-state index is 2.72. The number of benzene rings is 1. The standard InChI is InChI=1S/C35H29N3/c1-4-10-31-24(6-1)27-15-12-21-18-33(27)37(31)22-14-17-29-26-8-5-11-32(26)38(35(29)19-22)23-13-16-28-25-7-2-3-9-30(25)36(21)34(28)20-23/h2-3,5-8,10-18,22-23,26,30H,1,4,9,19-20H2. The first kappa shape index (κ1) is 20.0. The van der Waals surface area contributed by atoms with Crippen LogP contribution in [0.3, 0.4) is 0 Å². The Morgan fingerprint density at radius 1 is 0.816 bits per heavy atom. The lowest BCUT2D eigenvalue weighted by Crippen LogP contribution is -2.38. The first-order valence-corrected chi connectivity index (χ1v) is 14.4. The summed E-state index contributed by atoms with van der Waals surface area (Å²) < 4.78 is 2.68. The van der Waals surface area contributed by atoms with E-state index in [0.717, 1.165) is 32.1 Å². The molecule has 0 spiro atoms. The van der Waals surface area contributed by atoms with Crippen LogP contribution in [0.15, 0.2) is 113 Å². The van der Waals surface area contributed by atoms with Crippen LogP contribution in [0.4, 0.5) is 5.69 Å². The molecule has 38 heavy (non-hydrogen) atoms. The SMILES string of the molecule is C1=CCC2C(=C1)C1=C3CC(C=C1)N1C4=CC=CC4C4=C1CC(C=C4)n1c4c(c5ccc(cc51)N32)=CCCC=4. The zero-order valence-corrected chi connectivity index (χ0v) is 21.3. The first-order chi connectivity index (χ1) is 18.8. The fraction of sp³-hybridized carbons (Fsp3) is 0.257. The number of allylic oxidation sites excluding steroid dienone is 9. The van der Waals surface area contributed by atoms with E-state index in [-0.39, 0.29) is 0 Å². The lowest BCUT2D eigenvalue weighted by atomic mass is 9.91. The second kappa shape index (κ2) is 6.91. The normalized spacial score (nSPS) is 30.6. The minimum Gasteiger partial charge on any atom is -0.340 e. The molecule has 4 unspecified atom stereocenters. The van der Waals surface area contributed by atoms with Crippen LogP contribution in [0.1, 0.15) is 38.1 Å². The molecule has 3 aliphatic heterocycles. The monoisotopic (exact) mass is 491 g/mol. The predicted octanol–water partition coefficient (Wildman–Crippen LogP) is 5.81. The van der Waals surface area contributed by atoms with Gasteiger partial charge in [-0.05, 0) is 54.2 Å². The summed E-state index contributed by atoms with van der Waals surface area (Å²) in [5.41, 5.74) is 11.7. The smallest absolute Gasteiger partial charge is 0.0629 e. The summed E-state index contributed by atoms with van der Waals surface area (Å²) in [5.74, 6) is 0.407. The second-order valence-corrected chi connectivity index (χ2v) is 11.9. The Morgan fingerprint density at radius 3 is 2.74 bits per heavy atom. The summed E-state index contributed by atoms with van der Waals surface area (Å²) in [6.45, 7) is 0. The molecule has 1 aromatic carbocycles. The van der Waals surface area contributed by atoms with Gasteiger partial charge in [-0.25, -0.2) is 0 Å². The van der Waals surface area contributed by atoms with Crippen LogP contribution >= 0.6 is 0 Å². The van der Waals surface area contributed by atoms with E-state index >= 15 is 0 Å². The Hall–Kier alpha value is -3.98. The zero-order chi connectivity index (χ0) is 24.5. The molecule has 1 aromatic heterocycles. The number of anilines is 1. The van der Waals surface area contributed by atoms with E-state index < -0.39 is 0 Å². The summed E-state index contributed by atoms with van der Waals surface area (Å²) in [4.78, 5) is 5.42. The molecule has 184 valence electrons. The van der Waals surface area contributed by atoms with E-state index in [4.69, 9.17) is 0 Å². The van der Waals surface area contributed by atoms with Crippen molar-refractivity contribution in [3.8, 4) is 0 Å². The van der Waals surface area contributed by atoms with Gasteiger partial charge >= 0.3 is 0 Å². The fourth-order valence-corrected chi connectivity index (χ4v) is 8.63. The summed E-state index contributed by atoms with van der Waals surface area (Å²) in [6.07, 6.45) is 34.3. The second-order valence-electron chi connectivity index (χ2n) is 11.9. The largest absolute Gasteiger partial charge is 0.340 e. The van der Waals surface area contributed by atoms with Gasteiger partial charge in [0.2, 0.25) is 0 Å². The highest BCUT2D eigenvalue weighted by atomic mass is 15.2. The number of aromatic nitrogens is 1.